The minimum atomic E-state index is -0.561. The zero-order valence-corrected chi connectivity index (χ0v) is 17.6. The second-order valence-electron chi connectivity index (χ2n) is 7.46. The summed E-state index contributed by atoms with van der Waals surface area (Å²) in [6, 6.07) is 16.9. The number of benzene rings is 2. The van der Waals surface area contributed by atoms with E-state index in [9.17, 15) is 9.59 Å². The molecular weight excluding hydrogens is 392 g/mol. The Morgan fingerprint density at radius 2 is 1.74 bits per heavy atom. The van der Waals surface area contributed by atoms with Gasteiger partial charge in [0.2, 0.25) is 0 Å². The number of hydrogen-bond donors (Lipinski definition) is 2. The van der Waals surface area contributed by atoms with E-state index in [0.717, 1.165) is 18.7 Å². The van der Waals surface area contributed by atoms with Crippen LogP contribution in [0.25, 0.3) is 11.3 Å². The molecule has 1 aliphatic rings. The van der Waals surface area contributed by atoms with Crippen molar-refractivity contribution in [2.45, 2.75) is 26.2 Å². The van der Waals surface area contributed by atoms with E-state index in [2.05, 4.69) is 32.5 Å². The quantitative estimate of drug-likeness (QED) is 0.576. The van der Waals surface area contributed by atoms with Gasteiger partial charge in [0.05, 0.1) is 6.61 Å². The number of esters is 1. The van der Waals surface area contributed by atoms with Gasteiger partial charge in [0.1, 0.15) is 11.4 Å². The first-order valence-corrected chi connectivity index (χ1v) is 10.6. The Hall–Kier alpha value is -3.61. The van der Waals surface area contributed by atoms with Crippen molar-refractivity contribution < 1.29 is 14.3 Å². The number of amides is 1. The summed E-state index contributed by atoms with van der Waals surface area (Å²) < 4.78 is 5.14. The molecule has 7 nitrogen and oxygen atoms in total. The van der Waals surface area contributed by atoms with Crippen LogP contribution >= 0.6 is 0 Å². The molecule has 4 rings (SSSR count). The van der Waals surface area contributed by atoms with Crippen LogP contribution in [-0.4, -0.2) is 41.8 Å². The highest BCUT2D eigenvalue weighted by molar-refractivity contribution is 6.10. The fourth-order valence-electron chi connectivity index (χ4n) is 3.78. The molecule has 0 bridgehead atoms. The van der Waals surface area contributed by atoms with Gasteiger partial charge in [-0.15, -0.1) is 0 Å². The average molecular weight is 418 g/mol. The second-order valence-corrected chi connectivity index (χ2v) is 7.46. The minimum Gasteiger partial charge on any atom is -0.461 e. The van der Waals surface area contributed by atoms with Crippen LogP contribution in [0.4, 0.5) is 11.4 Å². The molecule has 0 aliphatic carbocycles. The SMILES string of the molecule is CCOC(=O)c1[nH]nc(-c2ccc(N3CCCCC3)cc2)c1NC(=O)c1ccccc1. The number of ether oxygens (including phenoxy) is 1. The third-order valence-electron chi connectivity index (χ3n) is 5.38. The summed E-state index contributed by atoms with van der Waals surface area (Å²) in [5.74, 6) is -0.881. The number of piperidine rings is 1. The summed E-state index contributed by atoms with van der Waals surface area (Å²) in [7, 11) is 0. The van der Waals surface area contributed by atoms with Crippen LogP contribution in [-0.2, 0) is 4.74 Å². The Balaban J connectivity index is 1.65. The lowest BCUT2D eigenvalue weighted by Gasteiger charge is -2.28. The van der Waals surface area contributed by atoms with Crippen LogP contribution in [0, 0.1) is 0 Å². The van der Waals surface area contributed by atoms with Gasteiger partial charge in [0.25, 0.3) is 5.91 Å². The number of aromatic nitrogens is 2. The predicted octanol–water partition coefficient (Wildman–Crippen LogP) is 4.50. The molecule has 3 aromatic rings. The summed E-state index contributed by atoms with van der Waals surface area (Å²) in [6.45, 7) is 4.08. The van der Waals surface area contributed by atoms with E-state index >= 15 is 0 Å². The normalized spacial score (nSPS) is 13.6. The number of carbonyl (C=O) groups is 2. The predicted molar refractivity (Wildman–Crippen MR) is 120 cm³/mol. The first-order valence-electron chi connectivity index (χ1n) is 10.6. The van der Waals surface area contributed by atoms with Gasteiger partial charge in [0, 0.05) is 29.9 Å². The minimum absolute atomic E-state index is 0.126. The van der Waals surface area contributed by atoms with Gasteiger partial charge in [0.15, 0.2) is 5.69 Å². The van der Waals surface area contributed by atoms with E-state index in [1.165, 1.54) is 24.9 Å². The van der Waals surface area contributed by atoms with Crippen LogP contribution in [0.2, 0.25) is 0 Å². The molecule has 0 unspecified atom stereocenters. The van der Waals surface area contributed by atoms with Crippen molar-refractivity contribution in [1.29, 1.82) is 0 Å². The summed E-state index contributed by atoms with van der Waals surface area (Å²) in [5.41, 5.74) is 3.40. The largest absolute Gasteiger partial charge is 0.461 e. The molecule has 7 heteroatoms. The molecule has 1 saturated heterocycles. The summed E-state index contributed by atoms with van der Waals surface area (Å²) >= 11 is 0. The number of nitrogens with zero attached hydrogens (tertiary/aromatic N) is 2. The average Bonchev–Trinajstić information content (AvgIpc) is 3.24. The van der Waals surface area contributed by atoms with Crippen molar-refractivity contribution >= 4 is 23.3 Å². The highest BCUT2D eigenvalue weighted by Gasteiger charge is 2.24. The van der Waals surface area contributed by atoms with Gasteiger partial charge in [-0.05, 0) is 50.5 Å². The van der Waals surface area contributed by atoms with E-state index in [-0.39, 0.29) is 18.2 Å². The molecule has 0 saturated carbocycles. The van der Waals surface area contributed by atoms with Gasteiger partial charge >= 0.3 is 5.97 Å². The lowest BCUT2D eigenvalue weighted by Crippen LogP contribution is -2.29. The molecular formula is C24H26N4O3. The molecule has 2 N–H and O–H groups in total. The molecule has 1 fully saturated rings. The van der Waals surface area contributed by atoms with Crippen molar-refractivity contribution in [3.63, 3.8) is 0 Å². The summed E-state index contributed by atoms with van der Waals surface area (Å²) in [4.78, 5) is 27.6. The smallest absolute Gasteiger partial charge is 0.358 e. The number of H-pyrrole nitrogens is 1. The molecule has 1 aromatic heterocycles. The lowest BCUT2D eigenvalue weighted by molar-refractivity contribution is 0.0520. The highest BCUT2D eigenvalue weighted by atomic mass is 16.5. The Kier molecular flexibility index (Phi) is 6.31. The van der Waals surface area contributed by atoms with Gasteiger partial charge in [-0.3, -0.25) is 9.89 Å². The summed E-state index contributed by atoms with van der Waals surface area (Å²) in [5, 5.41) is 9.91. The first kappa shape index (κ1) is 20.7. The molecule has 31 heavy (non-hydrogen) atoms. The molecule has 0 atom stereocenters. The van der Waals surface area contributed by atoms with Crippen LogP contribution in [0.1, 0.15) is 47.0 Å². The van der Waals surface area contributed by atoms with E-state index in [1.54, 1.807) is 31.2 Å². The first-order chi connectivity index (χ1) is 15.2. The van der Waals surface area contributed by atoms with Crippen molar-refractivity contribution in [3.8, 4) is 11.3 Å². The number of anilines is 2. The van der Waals surface area contributed by atoms with E-state index < -0.39 is 5.97 Å². The Morgan fingerprint density at radius 3 is 2.42 bits per heavy atom. The van der Waals surface area contributed by atoms with E-state index in [4.69, 9.17) is 4.74 Å². The molecule has 0 radical (unpaired) electrons. The number of carbonyl (C=O) groups excluding carboxylic acids is 2. The fraction of sp³-hybridized carbons (Fsp3) is 0.292. The number of rotatable bonds is 6. The maximum atomic E-state index is 12.8. The highest BCUT2D eigenvalue weighted by Crippen LogP contribution is 2.31. The molecule has 160 valence electrons. The Bertz CT molecular complexity index is 1040. The topological polar surface area (TPSA) is 87.3 Å². The zero-order chi connectivity index (χ0) is 21.6. The van der Waals surface area contributed by atoms with Crippen molar-refractivity contribution in [2.24, 2.45) is 0 Å². The molecule has 2 heterocycles. The Labute approximate surface area is 181 Å². The number of aromatic amines is 1. The maximum absolute atomic E-state index is 12.8. The van der Waals surface area contributed by atoms with E-state index in [0.29, 0.717) is 16.9 Å². The zero-order valence-electron chi connectivity index (χ0n) is 17.6. The van der Waals surface area contributed by atoms with Gasteiger partial charge in [-0.2, -0.15) is 5.10 Å². The molecule has 1 amide bonds. The van der Waals surface area contributed by atoms with Crippen LogP contribution in [0.15, 0.2) is 54.6 Å². The third-order valence-corrected chi connectivity index (χ3v) is 5.38. The van der Waals surface area contributed by atoms with Crippen LogP contribution in [0.3, 0.4) is 0 Å². The third kappa shape index (κ3) is 4.60. The van der Waals surface area contributed by atoms with Gasteiger partial charge in [-0.25, -0.2) is 4.79 Å². The number of hydrogen-bond acceptors (Lipinski definition) is 5. The standard InChI is InChI=1S/C24H26N4O3/c1-2-31-24(30)22-21(25-23(29)18-9-5-3-6-10-18)20(26-27-22)17-11-13-19(14-12-17)28-15-7-4-8-16-28/h3,5-6,9-14H,2,4,7-8,15-16H2,1H3,(H,25,29)(H,26,27). The molecule has 2 aromatic carbocycles. The van der Waals surface area contributed by atoms with Gasteiger partial charge in [-0.1, -0.05) is 30.3 Å². The maximum Gasteiger partial charge on any atom is 0.358 e. The fourth-order valence-corrected chi connectivity index (χ4v) is 3.78. The van der Waals surface area contributed by atoms with Crippen LogP contribution < -0.4 is 10.2 Å². The second kappa shape index (κ2) is 9.47. The van der Waals surface area contributed by atoms with Gasteiger partial charge < -0.3 is 15.0 Å². The molecule has 1 aliphatic heterocycles. The van der Waals surface area contributed by atoms with Crippen molar-refractivity contribution in [2.75, 3.05) is 29.9 Å². The monoisotopic (exact) mass is 418 g/mol. The number of nitrogens with one attached hydrogen (secondary N) is 2. The lowest BCUT2D eigenvalue weighted by atomic mass is 10.1. The van der Waals surface area contributed by atoms with E-state index in [1.807, 2.05) is 18.2 Å². The summed E-state index contributed by atoms with van der Waals surface area (Å²) in [6.07, 6.45) is 3.70. The van der Waals surface area contributed by atoms with Crippen molar-refractivity contribution in [1.82, 2.24) is 10.2 Å². The van der Waals surface area contributed by atoms with Crippen molar-refractivity contribution in [3.05, 3.63) is 65.9 Å². The van der Waals surface area contributed by atoms with Crippen LogP contribution in [0.5, 0.6) is 0 Å². The Morgan fingerprint density at radius 1 is 1.03 bits per heavy atom. The molecule has 0 spiro atoms.